The Balaban J connectivity index is 1.72. The standard InChI is InChI=1S/C18H21N3O3S/c1-2-3-4-5-8-19-15(22)11-6-7-14-12(9-11)10-13-16(23)20-18(25)21-17(13)24-14/h6-7,9H,2-5,8,10H2,1H3,(H,19,22)(H2,20,21,23,25). The van der Waals surface area contributed by atoms with Gasteiger partial charge in [0.2, 0.25) is 5.88 Å². The quantitative estimate of drug-likeness (QED) is 0.465. The molecule has 7 heteroatoms. The number of hydrogen-bond donors (Lipinski definition) is 3. The topological polar surface area (TPSA) is 87.0 Å². The van der Waals surface area contributed by atoms with Crippen LogP contribution >= 0.6 is 12.2 Å². The third-order valence-electron chi connectivity index (χ3n) is 4.22. The molecule has 3 N–H and O–H groups in total. The Morgan fingerprint density at radius 2 is 2.12 bits per heavy atom. The smallest absolute Gasteiger partial charge is 0.259 e. The summed E-state index contributed by atoms with van der Waals surface area (Å²) in [6.45, 7) is 2.83. The molecule has 0 saturated carbocycles. The Morgan fingerprint density at radius 1 is 1.28 bits per heavy atom. The van der Waals surface area contributed by atoms with Crippen molar-refractivity contribution < 1.29 is 9.53 Å². The molecular weight excluding hydrogens is 338 g/mol. The summed E-state index contributed by atoms with van der Waals surface area (Å²) >= 11 is 4.96. The largest absolute Gasteiger partial charge is 0.440 e. The molecule has 3 rings (SSSR count). The van der Waals surface area contributed by atoms with Crippen molar-refractivity contribution in [2.24, 2.45) is 0 Å². The maximum Gasteiger partial charge on any atom is 0.259 e. The van der Waals surface area contributed by atoms with Crippen LogP contribution in [0.3, 0.4) is 0 Å². The molecule has 1 amide bonds. The molecule has 0 radical (unpaired) electrons. The van der Waals surface area contributed by atoms with Gasteiger partial charge in [0.15, 0.2) is 4.77 Å². The average molecular weight is 359 g/mol. The van der Waals surface area contributed by atoms with Crippen LogP contribution < -0.4 is 15.6 Å². The first-order chi connectivity index (χ1) is 12.1. The highest BCUT2D eigenvalue weighted by molar-refractivity contribution is 7.71. The number of unbranched alkanes of at least 4 members (excludes halogenated alkanes) is 3. The summed E-state index contributed by atoms with van der Waals surface area (Å²) in [7, 11) is 0. The van der Waals surface area contributed by atoms with E-state index in [0.29, 0.717) is 35.7 Å². The zero-order chi connectivity index (χ0) is 17.8. The molecule has 2 heterocycles. The van der Waals surface area contributed by atoms with Crippen LogP contribution in [-0.2, 0) is 6.42 Å². The summed E-state index contributed by atoms with van der Waals surface area (Å²) in [5, 5.41) is 2.94. The van der Waals surface area contributed by atoms with Crippen molar-refractivity contribution in [3.8, 4) is 11.6 Å². The molecule has 6 nitrogen and oxygen atoms in total. The second kappa shape index (κ2) is 7.65. The van der Waals surface area contributed by atoms with E-state index in [0.717, 1.165) is 18.4 Å². The monoisotopic (exact) mass is 359 g/mol. The number of ether oxygens (including phenoxy) is 1. The zero-order valence-electron chi connectivity index (χ0n) is 14.1. The Kier molecular flexibility index (Phi) is 5.33. The first-order valence-electron chi connectivity index (χ1n) is 8.53. The SMILES string of the molecule is CCCCCCNC(=O)c1ccc2c(c1)Cc1c([nH]c(=S)[nH]c1=O)O2. The summed E-state index contributed by atoms with van der Waals surface area (Å²) < 4.78 is 5.95. The summed E-state index contributed by atoms with van der Waals surface area (Å²) in [6.07, 6.45) is 4.85. The summed E-state index contributed by atoms with van der Waals surface area (Å²) in [6, 6.07) is 5.26. The molecule has 1 aliphatic heterocycles. The third kappa shape index (κ3) is 3.99. The highest BCUT2D eigenvalue weighted by Crippen LogP contribution is 2.33. The van der Waals surface area contributed by atoms with Gasteiger partial charge in [0.05, 0.1) is 5.56 Å². The molecule has 1 aliphatic rings. The van der Waals surface area contributed by atoms with Gasteiger partial charge in [0.1, 0.15) is 5.75 Å². The molecule has 0 atom stereocenters. The number of carbonyl (C=O) groups is 1. The van der Waals surface area contributed by atoms with E-state index in [2.05, 4.69) is 22.2 Å². The minimum Gasteiger partial charge on any atom is -0.440 e. The molecule has 1 aromatic heterocycles. The number of benzene rings is 1. The van der Waals surface area contributed by atoms with Gasteiger partial charge < -0.3 is 15.0 Å². The molecule has 0 spiro atoms. The lowest BCUT2D eigenvalue weighted by molar-refractivity contribution is 0.0953. The number of fused-ring (bicyclic) bond motifs is 2. The fourth-order valence-corrected chi connectivity index (χ4v) is 3.04. The number of hydrogen-bond acceptors (Lipinski definition) is 4. The molecule has 132 valence electrons. The van der Waals surface area contributed by atoms with Crippen molar-refractivity contribution in [2.75, 3.05) is 6.54 Å². The predicted molar refractivity (Wildman–Crippen MR) is 98.0 cm³/mol. The van der Waals surface area contributed by atoms with E-state index in [4.69, 9.17) is 17.0 Å². The molecule has 1 aromatic carbocycles. The number of H-pyrrole nitrogens is 2. The van der Waals surface area contributed by atoms with E-state index >= 15 is 0 Å². The van der Waals surface area contributed by atoms with E-state index < -0.39 is 0 Å². The second-order valence-corrected chi connectivity index (χ2v) is 6.54. The van der Waals surface area contributed by atoms with Crippen LogP contribution in [0, 0.1) is 4.77 Å². The molecule has 2 aromatic rings. The lowest BCUT2D eigenvalue weighted by Crippen LogP contribution is -2.25. The maximum absolute atomic E-state index is 12.3. The Bertz CT molecular complexity index is 901. The minimum atomic E-state index is -0.268. The van der Waals surface area contributed by atoms with Crippen molar-refractivity contribution in [3.05, 3.63) is 50.0 Å². The summed E-state index contributed by atoms with van der Waals surface area (Å²) in [5.74, 6) is 0.893. The van der Waals surface area contributed by atoms with Gasteiger partial charge in [-0.3, -0.25) is 14.6 Å². The van der Waals surface area contributed by atoms with Crippen LogP contribution in [0.1, 0.15) is 54.1 Å². The molecule has 0 unspecified atom stereocenters. The van der Waals surface area contributed by atoms with Crippen LogP contribution in [0.25, 0.3) is 0 Å². The van der Waals surface area contributed by atoms with Crippen molar-refractivity contribution >= 4 is 18.1 Å². The van der Waals surface area contributed by atoms with Gasteiger partial charge in [-0.15, -0.1) is 0 Å². The fourth-order valence-electron chi connectivity index (χ4n) is 2.85. The molecule has 25 heavy (non-hydrogen) atoms. The van der Waals surface area contributed by atoms with Gasteiger partial charge in [0, 0.05) is 24.1 Å². The van der Waals surface area contributed by atoms with Crippen LogP contribution in [0.5, 0.6) is 11.6 Å². The zero-order valence-corrected chi connectivity index (χ0v) is 14.9. The van der Waals surface area contributed by atoms with Gasteiger partial charge in [-0.2, -0.15) is 0 Å². The molecule has 0 aliphatic carbocycles. The van der Waals surface area contributed by atoms with Gasteiger partial charge >= 0.3 is 0 Å². The molecule has 0 bridgehead atoms. The van der Waals surface area contributed by atoms with Gasteiger partial charge in [-0.05, 0) is 36.8 Å². The van der Waals surface area contributed by atoms with E-state index in [-0.39, 0.29) is 16.2 Å². The first-order valence-corrected chi connectivity index (χ1v) is 8.93. The molecule has 0 saturated heterocycles. The van der Waals surface area contributed by atoms with E-state index in [1.54, 1.807) is 18.2 Å². The molecule has 0 fully saturated rings. The highest BCUT2D eigenvalue weighted by atomic mass is 32.1. The lowest BCUT2D eigenvalue weighted by atomic mass is 10.0. The number of rotatable bonds is 6. The average Bonchev–Trinajstić information content (AvgIpc) is 2.59. The Morgan fingerprint density at radius 3 is 2.92 bits per heavy atom. The highest BCUT2D eigenvalue weighted by Gasteiger charge is 2.21. The fraction of sp³-hybridized carbons (Fsp3) is 0.389. The van der Waals surface area contributed by atoms with Crippen LogP contribution in [0.15, 0.2) is 23.0 Å². The molecular formula is C18H21N3O3S. The third-order valence-corrected chi connectivity index (χ3v) is 4.42. The minimum absolute atomic E-state index is 0.105. The van der Waals surface area contributed by atoms with Crippen LogP contribution in [-0.4, -0.2) is 22.4 Å². The predicted octanol–water partition coefficient (Wildman–Crippen LogP) is 3.44. The number of amides is 1. The van der Waals surface area contributed by atoms with Crippen molar-refractivity contribution in [1.82, 2.24) is 15.3 Å². The van der Waals surface area contributed by atoms with Gasteiger partial charge in [-0.25, -0.2) is 0 Å². The van der Waals surface area contributed by atoms with Crippen molar-refractivity contribution in [1.29, 1.82) is 0 Å². The second-order valence-electron chi connectivity index (χ2n) is 6.13. The van der Waals surface area contributed by atoms with Crippen LogP contribution in [0.4, 0.5) is 0 Å². The Hall–Kier alpha value is -2.41. The summed E-state index contributed by atoms with van der Waals surface area (Å²) in [5.41, 5.74) is 1.59. The normalized spacial score (nSPS) is 12.0. The van der Waals surface area contributed by atoms with E-state index in [1.807, 2.05) is 0 Å². The van der Waals surface area contributed by atoms with Crippen LogP contribution in [0.2, 0.25) is 0 Å². The summed E-state index contributed by atoms with van der Waals surface area (Å²) in [4.78, 5) is 29.7. The number of aromatic nitrogens is 2. The van der Waals surface area contributed by atoms with E-state index in [9.17, 15) is 9.59 Å². The van der Waals surface area contributed by atoms with Crippen molar-refractivity contribution in [3.63, 3.8) is 0 Å². The number of carbonyl (C=O) groups excluding carboxylic acids is 1. The Labute approximate surface area is 150 Å². The van der Waals surface area contributed by atoms with Crippen molar-refractivity contribution in [2.45, 2.75) is 39.0 Å². The number of nitrogens with one attached hydrogen (secondary N) is 3. The maximum atomic E-state index is 12.3. The first kappa shape index (κ1) is 17.4. The van der Waals surface area contributed by atoms with E-state index in [1.165, 1.54) is 12.8 Å². The lowest BCUT2D eigenvalue weighted by Gasteiger charge is -2.19. The van der Waals surface area contributed by atoms with Gasteiger partial charge in [0.25, 0.3) is 11.5 Å². The van der Waals surface area contributed by atoms with Gasteiger partial charge in [-0.1, -0.05) is 26.2 Å². The number of aromatic amines is 2.